The summed E-state index contributed by atoms with van der Waals surface area (Å²) in [7, 11) is 1.75. The van der Waals surface area contributed by atoms with E-state index in [4.69, 9.17) is 10.8 Å². The fourth-order valence-corrected chi connectivity index (χ4v) is 0.629. The molecule has 3 N–H and O–H groups in total. The summed E-state index contributed by atoms with van der Waals surface area (Å²) in [6.45, 7) is -0.0985. The average molecular weight is 142 g/mol. The molecule has 0 spiro atoms. The summed E-state index contributed by atoms with van der Waals surface area (Å²) >= 11 is 0. The number of rotatable bonds is 2. The van der Waals surface area contributed by atoms with Crippen molar-refractivity contribution in [3.8, 4) is 0 Å². The Balaban J connectivity index is 2.74. The van der Waals surface area contributed by atoms with E-state index < -0.39 is 6.04 Å². The van der Waals surface area contributed by atoms with E-state index in [-0.39, 0.29) is 6.61 Å². The number of nitrogens with zero attached hydrogens (tertiary/aromatic N) is 3. The third-order valence-electron chi connectivity index (χ3n) is 1.20. The summed E-state index contributed by atoms with van der Waals surface area (Å²) in [5.74, 6) is 0. The predicted molar refractivity (Wildman–Crippen MR) is 35.0 cm³/mol. The summed E-state index contributed by atoms with van der Waals surface area (Å²) in [6, 6.07) is -0.409. The first kappa shape index (κ1) is 7.17. The van der Waals surface area contributed by atoms with Gasteiger partial charge in [0.2, 0.25) is 0 Å². The van der Waals surface area contributed by atoms with Crippen LogP contribution in [0.2, 0.25) is 0 Å². The lowest BCUT2D eigenvalue weighted by molar-refractivity contribution is 0.266. The van der Waals surface area contributed by atoms with E-state index in [0.29, 0.717) is 5.69 Å². The van der Waals surface area contributed by atoms with Crippen LogP contribution in [0.1, 0.15) is 11.7 Å². The number of hydrogen-bond donors (Lipinski definition) is 2. The van der Waals surface area contributed by atoms with Crippen LogP contribution in [0, 0.1) is 0 Å². The number of aromatic nitrogens is 3. The van der Waals surface area contributed by atoms with Crippen LogP contribution in [0.15, 0.2) is 6.20 Å². The van der Waals surface area contributed by atoms with Crippen molar-refractivity contribution in [1.29, 1.82) is 0 Å². The molecule has 56 valence electrons. The first-order valence-electron chi connectivity index (χ1n) is 2.96. The number of hydrogen-bond acceptors (Lipinski definition) is 4. The molecular formula is C5H10N4O. The van der Waals surface area contributed by atoms with Crippen LogP contribution in [0.25, 0.3) is 0 Å². The monoisotopic (exact) mass is 142 g/mol. The number of nitrogens with two attached hydrogens (primary N) is 1. The van der Waals surface area contributed by atoms with Gasteiger partial charge < -0.3 is 10.8 Å². The fourth-order valence-electron chi connectivity index (χ4n) is 0.629. The summed E-state index contributed by atoms with van der Waals surface area (Å²) < 4.78 is 1.55. The highest BCUT2D eigenvalue weighted by atomic mass is 16.3. The second kappa shape index (κ2) is 2.76. The first-order chi connectivity index (χ1) is 4.74. The molecule has 5 heteroatoms. The second-order valence-corrected chi connectivity index (χ2v) is 2.11. The van der Waals surface area contributed by atoms with Gasteiger partial charge in [0.05, 0.1) is 12.6 Å². The van der Waals surface area contributed by atoms with Crippen LogP contribution in [-0.2, 0) is 7.05 Å². The van der Waals surface area contributed by atoms with Crippen molar-refractivity contribution < 1.29 is 5.11 Å². The molecule has 1 aromatic heterocycles. The molecule has 0 bridgehead atoms. The molecule has 1 aromatic rings. The topological polar surface area (TPSA) is 77.0 Å². The first-order valence-corrected chi connectivity index (χ1v) is 2.96. The van der Waals surface area contributed by atoms with Crippen LogP contribution < -0.4 is 5.73 Å². The molecule has 1 heterocycles. The lowest BCUT2D eigenvalue weighted by Gasteiger charge is -1.99. The summed E-state index contributed by atoms with van der Waals surface area (Å²) in [6.07, 6.45) is 1.68. The van der Waals surface area contributed by atoms with Gasteiger partial charge in [0.25, 0.3) is 0 Å². The molecule has 0 aliphatic rings. The molecule has 0 amide bonds. The minimum atomic E-state index is -0.409. The van der Waals surface area contributed by atoms with E-state index in [1.165, 1.54) is 0 Å². The molecule has 0 aromatic carbocycles. The standard InChI is InChI=1S/C5H10N4O/c1-9-2-5(7-8-9)4(6)3-10/h2,4,10H,3,6H2,1H3/t4-/m1/s1. The zero-order valence-corrected chi connectivity index (χ0v) is 5.73. The van der Waals surface area contributed by atoms with Gasteiger partial charge in [0, 0.05) is 13.2 Å². The fraction of sp³-hybridized carbons (Fsp3) is 0.600. The van der Waals surface area contributed by atoms with Gasteiger partial charge in [-0.3, -0.25) is 4.68 Å². The Bertz CT molecular complexity index is 209. The van der Waals surface area contributed by atoms with Crippen molar-refractivity contribution in [2.45, 2.75) is 6.04 Å². The molecular weight excluding hydrogens is 132 g/mol. The Morgan fingerprint density at radius 1 is 1.90 bits per heavy atom. The molecule has 1 rings (SSSR count). The van der Waals surface area contributed by atoms with Gasteiger partial charge in [-0.1, -0.05) is 5.21 Å². The van der Waals surface area contributed by atoms with Crippen molar-refractivity contribution in [1.82, 2.24) is 15.0 Å². The average Bonchev–Trinajstić information content (AvgIpc) is 2.34. The molecule has 0 radical (unpaired) electrons. The zero-order valence-electron chi connectivity index (χ0n) is 5.73. The minimum Gasteiger partial charge on any atom is -0.394 e. The maximum absolute atomic E-state index is 8.60. The predicted octanol–water partition coefficient (Wildman–Crippen LogP) is -1.19. The Labute approximate surface area is 58.5 Å². The molecule has 0 saturated heterocycles. The normalized spacial score (nSPS) is 13.5. The van der Waals surface area contributed by atoms with Crippen molar-refractivity contribution in [3.63, 3.8) is 0 Å². The van der Waals surface area contributed by atoms with Crippen LogP contribution >= 0.6 is 0 Å². The van der Waals surface area contributed by atoms with Crippen molar-refractivity contribution in [2.75, 3.05) is 6.61 Å². The maximum Gasteiger partial charge on any atom is 0.102 e. The summed E-state index contributed by atoms with van der Waals surface area (Å²) in [4.78, 5) is 0. The second-order valence-electron chi connectivity index (χ2n) is 2.11. The van der Waals surface area contributed by atoms with Crippen LogP contribution in [0.3, 0.4) is 0 Å². The minimum absolute atomic E-state index is 0.0985. The Morgan fingerprint density at radius 2 is 2.60 bits per heavy atom. The molecule has 0 aliphatic carbocycles. The van der Waals surface area contributed by atoms with Crippen molar-refractivity contribution >= 4 is 0 Å². The lowest BCUT2D eigenvalue weighted by atomic mass is 10.2. The van der Waals surface area contributed by atoms with Gasteiger partial charge in [-0.15, -0.1) is 5.10 Å². The van der Waals surface area contributed by atoms with Crippen LogP contribution in [-0.4, -0.2) is 26.7 Å². The Kier molecular flexibility index (Phi) is 1.98. The lowest BCUT2D eigenvalue weighted by Crippen LogP contribution is -2.14. The molecule has 0 aliphatic heterocycles. The van der Waals surface area contributed by atoms with E-state index in [2.05, 4.69) is 10.3 Å². The zero-order chi connectivity index (χ0) is 7.56. The molecule has 1 atom stereocenters. The van der Waals surface area contributed by atoms with Gasteiger partial charge in [0.1, 0.15) is 5.69 Å². The van der Waals surface area contributed by atoms with E-state index in [1.807, 2.05) is 0 Å². The van der Waals surface area contributed by atoms with Gasteiger partial charge in [-0.05, 0) is 0 Å². The molecule has 10 heavy (non-hydrogen) atoms. The molecule has 0 unspecified atom stereocenters. The Hall–Kier alpha value is -0.940. The highest BCUT2D eigenvalue weighted by molar-refractivity contribution is 4.98. The van der Waals surface area contributed by atoms with E-state index in [0.717, 1.165) is 0 Å². The van der Waals surface area contributed by atoms with Gasteiger partial charge in [-0.25, -0.2) is 0 Å². The van der Waals surface area contributed by atoms with Crippen LogP contribution in [0.5, 0.6) is 0 Å². The third kappa shape index (κ3) is 1.31. The van der Waals surface area contributed by atoms with Gasteiger partial charge >= 0.3 is 0 Å². The van der Waals surface area contributed by atoms with Gasteiger partial charge in [0.15, 0.2) is 0 Å². The molecule has 0 fully saturated rings. The SMILES string of the molecule is Cn1cc([C@H](N)CO)nn1. The molecule has 5 nitrogen and oxygen atoms in total. The number of aliphatic hydroxyl groups is 1. The van der Waals surface area contributed by atoms with Gasteiger partial charge in [-0.2, -0.15) is 0 Å². The Morgan fingerprint density at radius 3 is 3.00 bits per heavy atom. The van der Waals surface area contributed by atoms with Crippen molar-refractivity contribution in [2.24, 2.45) is 12.8 Å². The quantitative estimate of drug-likeness (QED) is 0.544. The highest BCUT2D eigenvalue weighted by Gasteiger charge is 2.06. The summed E-state index contributed by atoms with van der Waals surface area (Å²) in [5.41, 5.74) is 6.06. The largest absolute Gasteiger partial charge is 0.394 e. The number of aryl methyl sites for hydroxylation is 1. The smallest absolute Gasteiger partial charge is 0.102 e. The maximum atomic E-state index is 8.60. The van der Waals surface area contributed by atoms with E-state index >= 15 is 0 Å². The van der Waals surface area contributed by atoms with E-state index in [9.17, 15) is 0 Å². The number of aliphatic hydroxyl groups excluding tert-OH is 1. The van der Waals surface area contributed by atoms with E-state index in [1.54, 1.807) is 17.9 Å². The molecule has 0 saturated carbocycles. The van der Waals surface area contributed by atoms with Crippen molar-refractivity contribution in [3.05, 3.63) is 11.9 Å². The third-order valence-corrected chi connectivity index (χ3v) is 1.20. The summed E-state index contributed by atoms with van der Waals surface area (Å²) in [5, 5.41) is 16.0. The van der Waals surface area contributed by atoms with Crippen LogP contribution in [0.4, 0.5) is 0 Å². The highest BCUT2D eigenvalue weighted by Crippen LogP contribution is 2.02.